The summed E-state index contributed by atoms with van der Waals surface area (Å²) < 4.78 is 1.07. The van der Waals surface area contributed by atoms with Gasteiger partial charge in [0.05, 0.1) is 11.8 Å². The van der Waals surface area contributed by atoms with Gasteiger partial charge in [-0.2, -0.15) is 0 Å². The summed E-state index contributed by atoms with van der Waals surface area (Å²) >= 11 is 5.14. The minimum absolute atomic E-state index is 0.0325. The van der Waals surface area contributed by atoms with Crippen LogP contribution in [0.4, 0.5) is 0 Å². The molecular formula is C15H15BrN2S. The number of nitrogens with one attached hydrogen (secondary N) is 1. The monoisotopic (exact) mass is 334 g/mol. The van der Waals surface area contributed by atoms with Crippen LogP contribution in [-0.2, 0) is 0 Å². The van der Waals surface area contributed by atoms with Gasteiger partial charge in [-0.1, -0.05) is 46.3 Å². The first-order chi connectivity index (χ1) is 9.16. The zero-order valence-electron chi connectivity index (χ0n) is 10.3. The van der Waals surface area contributed by atoms with Crippen molar-refractivity contribution in [3.8, 4) is 0 Å². The van der Waals surface area contributed by atoms with Crippen molar-refractivity contribution in [1.29, 1.82) is 5.41 Å². The summed E-state index contributed by atoms with van der Waals surface area (Å²) in [6.07, 6.45) is 0. The number of hydrogen-bond acceptors (Lipinski definition) is 2. The molecule has 4 heteroatoms. The van der Waals surface area contributed by atoms with E-state index in [-0.39, 0.29) is 11.8 Å². The van der Waals surface area contributed by atoms with E-state index in [1.807, 2.05) is 42.5 Å². The van der Waals surface area contributed by atoms with Gasteiger partial charge in [0, 0.05) is 15.1 Å². The second-order valence-corrected chi connectivity index (χ2v) is 6.19. The Morgan fingerprint density at radius 1 is 1.11 bits per heavy atom. The molecule has 1 unspecified atom stereocenters. The lowest BCUT2D eigenvalue weighted by molar-refractivity contribution is 1.01. The summed E-state index contributed by atoms with van der Waals surface area (Å²) in [5, 5.41) is 7.75. The van der Waals surface area contributed by atoms with Crippen LogP contribution in [0.3, 0.4) is 0 Å². The van der Waals surface area contributed by atoms with E-state index in [0.29, 0.717) is 0 Å². The van der Waals surface area contributed by atoms with Gasteiger partial charge in [0.25, 0.3) is 0 Å². The number of thioether (sulfide) groups is 1. The Balaban J connectivity index is 2.06. The number of rotatable bonds is 5. The van der Waals surface area contributed by atoms with E-state index in [9.17, 15) is 0 Å². The highest BCUT2D eigenvalue weighted by molar-refractivity contribution is 9.10. The van der Waals surface area contributed by atoms with Crippen LogP contribution in [0, 0.1) is 5.41 Å². The molecule has 1 atom stereocenters. The van der Waals surface area contributed by atoms with Gasteiger partial charge in [-0.25, -0.2) is 0 Å². The molecule has 0 saturated heterocycles. The maximum Gasteiger partial charge on any atom is 0.0990 e. The highest BCUT2D eigenvalue weighted by Gasteiger charge is 2.14. The molecule has 2 rings (SSSR count). The third-order valence-corrected chi connectivity index (χ3v) is 4.44. The fourth-order valence-electron chi connectivity index (χ4n) is 1.76. The smallest absolute Gasteiger partial charge is 0.0990 e. The zero-order valence-corrected chi connectivity index (χ0v) is 12.7. The Morgan fingerprint density at radius 3 is 2.32 bits per heavy atom. The van der Waals surface area contributed by atoms with Crippen LogP contribution in [0.5, 0.6) is 0 Å². The van der Waals surface area contributed by atoms with Crippen molar-refractivity contribution in [3.63, 3.8) is 0 Å². The molecule has 0 fully saturated rings. The number of amidine groups is 1. The van der Waals surface area contributed by atoms with Gasteiger partial charge in [0.2, 0.25) is 0 Å². The van der Waals surface area contributed by atoms with Crippen molar-refractivity contribution in [1.82, 2.24) is 0 Å². The van der Waals surface area contributed by atoms with Crippen LogP contribution in [0.2, 0.25) is 0 Å². The predicted octanol–water partition coefficient (Wildman–Crippen LogP) is 4.26. The van der Waals surface area contributed by atoms with Gasteiger partial charge in [-0.3, -0.25) is 5.41 Å². The molecule has 19 heavy (non-hydrogen) atoms. The lowest BCUT2D eigenvalue weighted by Crippen LogP contribution is -2.22. The Morgan fingerprint density at radius 2 is 1.74 bits per heavy atom. The molecule has 0 heterocycles. The third kappa shape index (κ3) is 4.11. The molecule has 0 aliphatic rings. The first-order valence-electron chi connectivity index (χ1n) is 5.94. The van der Waals surface area contributed by atoms with Gasteiger partial charge >= 0.3 is 0 Å². The van der Waals surface area contributed by atoms with Crippen molar-refractivity contribution < 1.29 is 0 Å². The summed E-state index contributed by atoms with van der Waals surface area (Å²) in [4.78, 5) is 1.19. The van der Waals surface area contributed by atoms with E-state index in [1.54, 1.807) is 11.8 Å². The maximum absolute atomic E-state index is 7.75. The number of hydrogen-bond donors (Lipinski definition) is 2. The fourth-order valence-corrected chi connectivity index (χ4v) is 3.09. The number of nitrogens with two attached hydrogens (primary N) is 1. The quantitative estimate of drug-likeness (QED) is 0.487. The standard InChI is InChI=1S/C15H15BrN2S/c16-12-6-8-13(9-7-12)19-10-14(15(17)18)11-4-2-1-3-5-11/h1-9,14H,10H2,(H3,17,18). The van der Waals surface area contributed by atoms with Crippen LogP contribution in [0.25, 0.3) is 0 Å². The summed E-state index contributed by atoms with van der Waals surface area (Å²) in [7, 11) is 0. The van der Waals surface area contributed by atoms with Gasteiger partial charge in [-0.05, 0) is 29.8 Å². The van der Waals surface area contributed by atoms with E-state index in [1.165, 1.54) is 4.90 Å². The Hall–Kier alpha value is -1.26. The zero-order chi connectivity index (χ0) is 13.7. The van der Waals surface area contributed by atoms with Crippen molar-refractivity contribution in [3.05, 3.63) is 64.6 Å². The highest BCUT2D eigenvalue weighted by atomic mass is 79.9. The Labute approximate surface area is 126 Å². The summed E-state index contributed by atoms with van der Waals surface area (Å²) in [5.41, 5.74) is 6.82. The first-order valence-corrected chi connectivity index (χ1v) is 7.72. The largest absolute Gasteiger partial charge is 0.387 e. The molecule has 0 radical (unpaired) electrons. The van der Waals surface area contributed by atoms with E-state index in [2.05, 4.69) is 28.1 Å². The van der Waals surface area contributed by atoms with Gasteiger partial charge in [0.1, 0.15) is 0 Å². The van der Waals surface area contributed by atoms with Gasteiger partial charge in [0.15, 0.2) is 0 Å². The molecule has 0 spiro atoms. The minimum atomic E-state index is -0.0325. The summed E-state index contributed by atoms with van der Waals surface area (Å²) in [6.45, 7) is 0. The minimum Gasteiger partial charge on any atom is -0.387 e. The SMILES string of the molecule is N=C(N)C(CSc1ccc(Br)cc1)c1ccccc1. The van der Waals surface area contributed by atoms with Crippen LogP contribution in [0.15, 0.2) is 64.0 Å². The van der Waals surface area contributed by atoms with Crippen LogP contribution in [0.1, 0.15) is 11.5 Å². The fraction of sp³-hybridized carbons (Fsp3) is 0.133. The molecule has 2 aromatic carbocycles. The molecule has 0 aromatic heterocycles. The van der Waals surface area contributed by atoms with Crippen LogP contribution >= 0.6 is 27.7 Å². The summed E-state index contributed by atoms with van der Waals surface area (Å²) in [6, 6.07) is 18.2. The lowest BCUT2D eigenvalue weighted by Gasteiger charge is -2.15. The Bertz CT molecular complexity index is 540. The van der Waals surface area contributed by atoms with E-state index in [0.717, 1.165) is 15.8 Å². The molecule has 0 saturated carbocycles. The second kappa shape index (κ2) is 6.78. The topological polar surface area (TPSA) is 49.9 Å². The van der Waals surface area contributed by atoms with Gasteiger partial charge < -0.3 is 5.73 Å². The number of benzene rings is 2. The predicted molar refractivity (Wildman–Crippen MR) is 86.0 cm³/mol. The second-order valence-electron chi connectivity index (χ2n) is 4.18. The van der Waals surface area contributed by atoms with Crippen molar-refractivity contribution in [2.24, 2.45) is 5.73 Å². The van der Waals surface area contributed by atoms with Crippen molar-refractivity contribution >= 4 is 33.5 Å². The van der Waals surface area contributed by atoms with E-state index < -0.39 is 0 Å². The van der Waals surface area contributed by atoms with E-state index >= 15 is 0 Å². The maximum atomic E-state index is 7.75. The lowest BCUT2D eigenvalue weighted by atomic mass is 10.0. The average Bonchev–Trinajstić information content (AvgIpc) is 2.42. The van der Waals surface area contributed by atoms with Crippen LogP contribution in [-0.4, -0.2) is 11.6 Å². The van der Waals surface area contributed by atoms with Crippen LogP contribution < -0.4 is 5.73 Å². The molecule has 0 aliphatic heterocycles. The van der Waals surface area contributed by atoms with E-state index in [4.69, 9.17) is 11.1 Å². The third-order valence-electron chi connectivity index (χ3n) is 2.81. The highest BCUT2D eigenvalue weighted by Crippen LogP contribution is 2.27. The van der Waals surface area contributed by atoms with Crippen molar-refractivity contribution in [2.75, 3.05) is 5.75 Å². The molecular weight excluding hydrogens is 320 g/mol. The first kappa shape index (κ1) is 14.2. The normalized spacial score (nSPS) is 12.1. The van der Waals surface area contributed by atoms with Crippen molar-refractivity contribution in [2.45, 2.75) is 10.8 Å². The number of halogens is 1. The molecule has 0 aliphatic carbocycles. The molecule has 0 bridgehead atoms. The molecule has 98 valence electrons. The molecule has 2 aromatic rings. The average molecular weight is 335 g/mol. The summed E-state index contributed by atoms with van der Waals surface area (Å²) in [5.74, 6) is 0.965. The molecule has 0 amide bonds. The molecule has 3 N–H and O–H groups in total. The van der Waals surface area contributed by atoms with Gasteiger partial charge in [-0.15, -0.1) is 11.8 Å². The Kier molecular flexibility index (Phi) is 5.05. The molecule has 2 nitrogen and oxygen atoms in total.